The highest BCUT2D eigenvalue weighted by molar-refractivity contribution is 5.43. The van der Waals surface area contributed by atoms with Crippen LogP contribution in [0.1, 0.15) is 16.7 Å². The Morgan fingerprint density at radius 3 is 2.62 bits per heavy atom. The minimum absolute atomic E-state index is 0.184. The molecule has 0 atom stereocenters. The van der Waals surface area contributed by atoms with Gasteiger partial charge in [-0.2, -0.15) is 0 Å². The first-order valence-electron chi connectivity index (χ1n) is 4.11. The van der Waals surface area contributed by atoms with Crippen molar-refractivity contribution in [1.29, 1.82) is 0 Å². The van der Waals surface area contributed by atoms with Crippen molar-refractivity contribution in [3.05, 3.63) is 34.6 Å². The van der Waals surface area contributed by atoms with Crippen molar-refractivity contribution in [3.63, 3.8) is 0 Å². The maximum absolute atomic E-state index is 13.0. The molecule has 2 N–H and O–H groups in total. The number of hydrogen-bond acceptors (Lipinski definition) is 1. The van der Waals surface area contributed by atoms with Gasteiger partial charge in [0.15, 0.2) is 0 Å². The standard InChI is InChI=1S/C11H12FN/c1-8-7-11(12)9(2)6-10(8)4-3-5-13/h6-7H,5,13H2,1-2H3. The number of aryl methyl sites for hydroxylation is 2. The van der Waals surface area contributed by atoms with E-state index in [9.17, 15) is 4.39 Å². The molecule has 0 spiro atoms. The van der Waals surface area contributed by atoms with Gasteiger partial charge in [-0.05, 0) is 37.1 Å². The smallest absolute Gasteiger partial charge is 0.126 e. The third kappa shape index (κ3) is 2.30. The molecule has 0 saturated heterocycles. The van der Waals surface area contributed by atoms with E-state index in [2.05, 4.69) is 11.8 Å². The first-order chi connectivity index (χ1) is 6.15. The lowest BCUT2D eigenvalue weighted by Crippen LogP contribution is -1.94. The molecule has 1 rings (SSSR count). The van der Waals surface area contributed by atoms with Crippen LogP contribution in [0.3, 0.4) is 0 Å². The lowest BCUT2D eigenvalue weighted by atomic mass is 10.1. The first-order valence-corrected chi connectivity index (χ1v) is 4.11. The summed E-state index contributed by atoms with van der Waals surface area (Å²) in [5.74, 6) is 5.46. The van der Waals surface area contributed by atoms with Crippen molar-refractivity contribution in [1.82, 2.24) is 0 Å². The Labute approximate surface area is 77.8 Å². The van der Waals surface area contributed by atoms with Gasteiger partial charge in [0.25, 0.3) is 0 Å². The van der Waals surface area contributed by atoms with Gasteiger partial charge in [0.1, 0.15) is 5.82 Å². The molecule has 0 aliphatic rings. The van der Waals surface area contributed by atoms with Gasteiger partial charge in [-0.25, -0.2) is 4.39 Å². The SMILES string of the molecule is Cc1cc(C#CCN)c(C)cc1F. The largest absolute Gasteiger partial charge is 0.320 e. The van der Waals surface area contributed by atoms with Crippen LogP contribution in [0.5, 0.6) is 0 Å². The lowest BCUT2D eigenvalue weighted by Gasteiger charge is -2.01. The molecule has 0 aliphatic carbocycles. The zero-order valence-electron chi connectivity index (χ0n) is 7.82. The van der Waals surface area contributed by atoms with E-state index in [0.717, 1.165) is 11.1 Å². The van der Waals surface area contributed by atoms with Gasteiger partial charge < -0.3 is 5.73 Å². The lowest BCUT2D eigenvalue weighted by molar-refractivity contribution is 0.617. The molecule has 2 heteroatoms. The van der Waals surface area contributed by atoms with Gasteiger partial charge in [0, 0.05) is 5.56 Å². The van der Waals surface area contributed by atoms with Gasteiger partial charge >= 0.3 is 0 Å². The van der Waals surface area contributed by atoms with Crippen LogP contribution in [-0.4, -0.2) is 6.54 Å². The summed E-state index contributed by atoms with van der Waals surface area (Å²) in [6.07, 6.45) is 0. The second kappa shape index (κ2) is 4.06. The highest BCUT2D eigenvalue weighted by Crippen LogP contribution is 2.13. The predicted molar refractivity (Wildman–Crippen MR) is 51.8 cm³/mol. The molecule has 1 aromatic rings. The average molecular weight is 177 g/mol. The van der Waals surface area contributed by atoms with Crippen LogP contribution < -0.4 is 5.73 Å². The minimum Gasteiger partial charge on any atom is -0.320 e. The van der Waals surface area contributed by atoms with E-state index in [0.29, 0.717) is 12.1 Å². The number of rotatable bonds is 0. The van der Waals surface area contributed by atoms with Crippen LogP contribution in [0.25, 0.3) is 0 Å². The van der Waals surface area contributed by atoms with E-state index in [4.69, 9.17) is 5.73 Å². The summed E-state index contributed by atoms with van der Waals surface area (Å²) < 4.78 is 13.0. The molecule has 0 aliphatic heterocycles. The molecule has 0 amide bonds. The van der Waals surface area contributed by atoms with Crippen LogP contribution in [0.15, 0.2) is 12.1 Å². The van der Waals surface area contributed by atoms with Gasteiger partial charge in [-0.3, -0.25) is 0 Å². The molecule has 1 aromatic carbocycles. The van der Waals surface area contributed by atoms with Crippen LogP contribution in [0, 0.1) is 31.5 Å². The second-order valence-corrected chi connectivity index (χ2v) is 2.92. The first kappa shape index (κ1) is 9.76. The van der Waals surface area contributed by atoms with Gasteiger partial charge in [0.05, 0.1) is 6.54 Å². The summed E-state index contributed by atoms with van der Waals surface area (Å²) in [6.45, 7) is 3.89. The van der Waals surface area contributed by atoms with E-state index in [1.165, 1.54) is 6.07 Å². The summed E-state index contributed by atoms with van der Waals surface area (Å²) in [6, 6.07) is 3.24. The molecule has 68 valence electrons. The van der Waals surface area contributed by atoms with Crippen LogP contribution in [-0.2, 0) is 0 Å². The minimum atomic E-state index is -0.184. The Bertz CT molecular complexity index is 372. The van der Waals surface area contributed by atoms with Crippen molar-refractivity contribution >= 4 is 0 Å². The van der Waals surface area contributed by atoms with Crippen molar-refractivity contribution in [3.8, 4) is 11.8 Å². The number of benzene rings is 1. The fourth-order valence-corrected chi connectivity index (χ4v) is 1.06. The molecule has 0 bridgehead atoms. The molecular formula is C11H12FN. The molecule has 0 radical (unpaired) electrons. The fourth-order valence-electron chi connectivity index (χ4n) is 1.06. The Morgan fingerprint density at radius 1 is 1.31 bits per heavy atom. The van der Waals surface area contributed by atoms with Crippen molar-refractivity contribution in [2.24, 2.45) is 5.73 Å². The highest BCUT2D eigenvalue weighted by atomic mass is 19.1. The van der Waals surface area contributed by atoms with Gasteiger partial charge in [-0.1, -0.05) is 11.8 Å². The normalized spacial score (nSPS) is 9.23. The van der Waals surface area contributed by atoms with Gasteiger partial charge in [-0.15, -0.1) is 0 Å². The monoisotopic (exact) mass is 177 g/mol. The van der Waals surface area contributed by atoms with Crippen molar-refractivity contribution < 1.29 is 4.39 Å². The molecule has 0 aromatic heterocycles. The summed E-state index contributed by atoms with van der Waals surface area (Å²) in [7, 11) is 0. The van der Waals surface area contributed by atoms with E-state index >= 15 is 0 Å². The van der Waals surface area contributed by atoms with Crippen LogP contribution in [0.4, 0.5) is 4.39 Å². The summed E-state index contributed by atoms with van der Waals surface area (Å²) in [5.41, 5.74) is 7.57. The molecular weight excluding hydrogens is 165 g/mol. The predicted octanol–water partition coefficient (Wildman–Crippen LogP) is 1.75. The zero-order valence-corrected chi connectivity index (χ0v) is 7.82. The second-order valence-electron chi connectivity index (χ2n) is 2.92. The molecule has 0 unspecified atom stereocenters. The molecule has 0 heterocycles. The fraction of sp³-hybridized carbons (Fsp3) is 0.273. The zero-order chi connectivity index (χ0) is 9.84. The maximum atomic E-state index is 13.0. The maximum Gasteiger partial charge on any atom is 0.126 e. The number of nitrogens with two attached hydrogens (primary N) is 1. The third-order valence-corrected chi connectivity index (χ3v) is 1.83. The molecule has 0 saturated carbocycles. The summed E-state index contributed by atoms with van der Waals surface area (Å²) in [4.78, 5) is 0. The topological polar surface area (TPSA) is 26.0 Å². The highest BCUT2D eigenvalue weighted by Gasteiger charge is 2.00. The Hall–Kier alpha value is -1.33. The van der Waals surface area contributed by atoms with Gasteiger partial charge in [0.2, 0.25) is 0 Å². The summed E-state index contributed by atoms with van der Waals surface area (Å²) >= 11 is 0. The quantitative estimate of drug-likeness (QED) is 0.600. The Balaban J connectivity index is 3.16. The third-order valence-electron chi connectivity index (χ3n) is 1.83. The number of hydrogen-bond donors (Lipinski definition) is 1. The Kier molecular flexibility index (Phi) is 3.05. The number of halogens is 1. The van der Waals surface area contributed by atoms with E-state index in [1.54, 1.807) is 13.0 Å². The van der Waals surface area contributed by atoms with E-state index < -0.39 is 0 Å². The van der Waals surface area contributed by atoms with Crippen LogP contribution in [0.2, 0.25) is 0 Å². The molecule has 13 heavy (non-hydrogen) atoms. The Morgan fingerprint density at radius 2 is 2.00 bits per heavy atom. The summed E-state index contributed by atoms with van der Waals surface area (Å²) in [5, 5.41) is 0. The van der Waals surface area contributed by atoms with Crippen molar-refractivity contribution in [2.75, 3.05) is 6.54 Å². The van der Waals surface area contributed by atoms with Crippen LogP contribution >= 0.6 is 0 Å². The van der Waals surface area contributed by atoms with Crippen molar-refractivity contribution in [2.45, 2.75) is 13.8 Å². The van der Waals surface area contributed by atoms with E-state index in [1.807, 2.05) is 6.92 Å². The molecule has 0 fully saturated rings. The van der Waals surface area contributed by atoms with E-state index in [-0.39, 0.29) is 5.82 Å². The molecule has 1 nitrogen and oxygen atoms in total. The average Bonchev–Trinajstić information content (AvgIpc) is 2.09.